The first-order valence-electron chi connectivity index (χ1n) is 12.5. The highest BCUT2D eigenvalue weighted by atomic mass is 19.4. The maximum absolute atomic E-state index is 13.8. The van der Waals surface area contributed by atoms with E-state index in [1.165, 1.54) is 24.3 Å². The maximum Gasteiger partial charge on any atom is 0.460 e. The van der Waals surface area contributed by atoms with E-state index in [4.69, 9.17) is 9.47 Å². The molecule has 2 N–H and O–H groups in total. The number of amides is 2. The van der Waals surface area contributed by atoms with Crippen molar-refractivity contribution in [1.29, 1.82) is 0 Å². The highest BCUT2D eigenvalue weighted by molar-refractivity contribution is 5.89. The third-order valence-corrected chi connectivity index (χ3v) is 5.76. The SMILES string of the molecule is CCOC(Cc1ccc(OCCN(CCOC(F)(F)C(F)(F)C(F)(F)C(F)(F)F)C(=O)Nc2ccc(F)cc2)cc1)C(=O)O. The number of carbonyl (C=O) groups is 2. The number of urea groups is 1. The molecule has 0 aromatic heterocycles. The third-order valence-electron chi connectivity index (χ3n) is 5.76. The molecule has 8 nitrogen and oxygen atoms in total. The fraction of sp³-hybridized carbons (Fsp3) is 0.462. The zero-order valence-corrected chi connectivity index (χ0v) is 22.7. The van der Waals surface area contributed by atoms with Gasteiger partial charge in [-0.25, -0.2) is 14.0 Å². The Balaban J connectivity index is 2.09. The largest absolute Gasteiger partial charge is 0.492 e. The van der Waals surface area contributed by atoms with Crippen LogP contribution in [-0.4, -0.2) is 85.2 Å². The summed E-state index contributed by atoms with van der Waals surface area (Å²) < 4.78 is 145. The molecular formula is C26H26F10N2O6. The van der Waals surface area contributed by atoms with E-state index in [9.17, 15) is 58.6 Å². The van der Waals surface area contributed by atoms with Gasteiger partial charge in [0, 0.05) is 25.3 Å². The van der Waals surface area contributed by atoms with Gasteiger partial charge in [-0.15, -0.1) is 0 Å². The van der Waals surface area contributed by atoms with Gasteiger partial charge in [-0.3, -0.25) is 0 Å². The molecule has 0 heterocycles. The number of carboxylic acids is 1. The number of nitrogens with zero attached hydrogens (tertiary/aromatic N) is 1. The zero-order valence-electron chi connectivity index (χ0n) is 22.7. The molecule has 2 aromatic carbocycles. The van der Waals surface area contributed by atoms with Crippen molar-refractivity contribution in [2.45, 2.75) is 43.6 Å². The molecule has 0 saturated heterocycles. The van der Waals surface area contributed by atoms with Crippen LogP contribution in [0, 0.1) is 5.82 Å². The highest BCUT2D eigenvalue weighted by Crippen LogP contribution is 2.53. The summed E-state index contributed by atoms with van der Waals surface area (Å²) in [4.78, 5) is 24.6. The predicted molar refractivity (Wildman–Crippen MR) is 133 cm³/mol. The molecule has 0 radical (unpaired) electrons. The van der Waals surface area contributed by atoms with Gasteiger partial charge in [0.25, 0.3) is 0 Å². The van der Waals surface area contributed by atoms with E-state index in [-0.39, 0.29) is 31.1 Å². The van der Waals surface area contributed by atoms with Crippen LogP contribution in [0.2, 0.25) is 0 Å². The number of rotatable bonds is 16. The van der Waals surface area contributed by atoms with Gasteiger partial charge in [0.1, 0.15) is 18.2 Å². The number of hydrogen-bond acceptors (Lipinski definition) is 5. The summed E-state index contributed by atoms with van der Waals surface area (Å²) in [5.74, 6) is -15.8. The molecule has 0 aliphatic rings. The Hall–Kier alpha value is -3.80. The quantitative estimate of drug-likeness (QED) is 0.209. The minimum atomic E-state index is -7.15. The molecule has 2 amide bonds. The predicted octanol–water partition coefficient (Wildman–Crippen LogP) is 6.21. The summed E-state index contributed by atoms with van der Waals surface area (Å²) in [5.41, 5.74) is 0.553. The Kier molecular flexibility index (Phi) is 12.2. The summed E-state index contributed by atoms with van der Waals surface area (Å²) in [6.07, 6.45) is -14.4. The lowest BCUT2D eigenvalue weighted by Crippen LogP contribution is -2.62. The number of anilines is 1. The van der Waals surface area contributed by atoms with Crippen LogP contribution in [0.3, 0.4) is 0 Å². The Morgan fingerprint density at radius 3 is 1.95 bits per heavy atom. The molecule has 2 aromatic rings. The average Bonchev–Trinajstić information content (AvgIpc) is 2.93. The summed E-state index contributed by atoms with van der Waals surface area (Å²) in [7, 11) is 0. The zero-order chi connectivity index (χ0) is 33.3. The number of alkyl halides is 9. The number of hydrogen-bond donors (Lipinski definition) is 2. The summed E-state index contributed by atoms with van der Waals surface area (Å²) in [6, 6.07) is 8.88. The van der Waals surface area contributed by atoms with Gasteiger partial charge in [0.15, 0.2) is 6.10 Å². The third kappa shape index (κ3) is 9.35. The molecule has 0 saturated carbocycles. The summed E-state index contributed by atoms with van der Waals surface area (Å²) in [6.45, 7) is -1.72. The van der Waals surface area contributed by atoms with Crippen LogP contribution in [0.4, 0.5) is 54.4 Å². The van der Waals surface area contributed by atoms with Crippen LogP contribution in [0.25, 0.3) is 0 Å². The van der Waals surface area contributed by atoms with Gasteiger partial charge in [0.05, 0.1) is 13.2 Å². The number of ether oxygens (including phenoxy) is 3. The number of carboxylic acid groups (broad SMARTS) is 1. The molecule has 0 aliphatic heterocycles. The van der Waals surface area contributed by atoms with Gasteiger partial charge in [0.2, 0.25) is 0 Å². The first kappa shape index (κ1) is 36.4. The second-order valence-electron chi connectivity index (χ2n) is 8.91. The maximum atomic E-state index is 13.8. The number of carbonyl (C=O) groups excluding carboxylic acids is 1. The van der Waals surface area contributed by atoms with Crippen molar-refractivity contribution in [2.24, 2.45) is 0 Å². The number of nitrogens with one attached hydrogen (secondary N) is 1. The fourth-order valence-electron chi connectivity index (χ4n) is 3.41. The van der Waals surface area contributed by atoms with Crippen LogP contribution in [-0.2, 0) is 20.7 Å². The molecule has 1 unspecified atom stereocenters. The van der Waals surface area contributed by atoms with Gasteiger partial charge in [-0.05, 0) is 48.9 Å². The average molecular weight is 652 g/mol. The Morgan fingerprint density at radius 2 is 1.43 bits per heavy atom. The first-order chi connectivity index (χ1) is 20.3. The number of halogens is 10. The minimum Gasteiger partial charge on any atom is -0.492 e. The first-order valence-corrected chi connectivity index (χ1v) is 12.5. The molecule has 18 heteroatoms. The van der Waals surface area contributed by atoms with Crippen molar-refractivity contribution >= 4 is 17.7 Å². The fourth-order valence-corrected chi connectivity index (χ4v) is 3.41. The van der Waals surface area contributed by atoms with Gasteiger partial charge in [-0.1, -0.05) is 12.1 Å². The minimum absolute atomic E-state index is 0.00720. The summed E-state index contributed by atoms with van der Waals surface area (Å²) in [5, 5.41) is 11.4. The van der Waals surface area contributed by atoms with E-state index in [1.54, 1.807) is 6.92 Å². The van der Waals surface area contributed by atoms with Gasteiger partial charge < -0.3 is 29.5 Å². The van der Waals surface area contributed by atoms with Crippen molar-refractivity contribution in [1.82, 2.24) is 4.90 Å². The lowest BCUT2D eigenvalue weighted by atomic mass is 10.1. The molecule has 0 fully saturated rings. The Bertz CT molecular complexity index is 1230. The van der Waals surface area contributed by atoms with Crippen LogP contribution < -0.4 is 10.1 Å². The van der Waals surface area contributed by atoms with Crippen molar-refractivity contribution in [3.63, 3.8) is 0 Å². The smallest absolute Gasteiger partial charge is 0.460 e. The molecule has 2 rings (SSSR count). The van der Waals surface area contributed by atoms with E-state index in [2.05, 4.69) is 10.1 Å². The molecule has 0 bridgehead atoms. The van der Waals surface area contributed by atoms with E-state index in [1.807, 2.05) is 0 Å². The Morgan fingerprint density at radius 1 is 0.864 bits per heavy atom. The number of aliphatic carboxylic acids is 1. The topological polar surface area (TPSA) is 97.3 Å². The van der Waals surface area contributed by atoms with Crippen molar-refractivity contribution in [3.05, 3.63) is 59.9 Å². The van der Waals surface area contributed by atoms with Crippen LogP contribution in [0.15, 0.2) is 48.5 Å². The van der Waals surface area contributed by atoms with Crippen molar-refractivity contribution < 1.29 is 72.8 Å². The second kappa shape index (κ2) is 14.8. The lowest BCUT2D eigenvalue weighted by Gasteiger charge is -2.33. The van der Waals surface area contributed by atoms with E-state index >= 15 is 0 Å². The normalized spacial score (nSPS) is 13.3. The highest BCUT2D eigenvalue weighted by Gasteiger charge is 2.82. The molecule has 0 spiro atoms. The Labute approximate surface area is 243 Å². The lowest BCUT2D eigenvalue weighted by molar-refractivity contribution is -0.443. The van der Waals surface area contributed by atoms with E-state index < -0.39 is 67.7 Å². The van der Waals surface area contributed by atoms with Crippen molar-refractivity contribution in [2.75, 3.05) is 38.2 Å². The molecule has 246 valence electrons. The van der Waals surface area contributed by atoms with Crippen LogP contribution in [0.1, 0.15) is 12.5 Å². The molecule has 0 aliphatic carbocycles. The standard InChI is InChI=1S/C26H26F10N2O6/c1-2-42-20(21(39)40)15-16-3-9-19(10-4-16)43-13-11-38(22(41)37-18-7-5-17(27)6-8-18)12-14-44-26(35,36)24(30,31)23(28,29)25(32,33)34/h3-10,20H,2,11-15H2,1H3,(H,37,41)(H,39,40). The molecule has 44 heavy (non-hydrogen) atoms. The van der Waals surface area contributed by atoms with Crippen LogP contribution in [0.5, 0.6) is 5.75 Å². The van der Waals surface area contributed by atoms with E-state index in [0.717, 1.165) is 24.3 Å². The monoisotopic (exact) mass is 652 g/mol. The van der Waals surface area contributed by atoms with E-state index in [0.29, 0.717) is 10.5 Å². The second-order valence-corrected chi connectivity index (χ2v) is 8.91. The summed E-state index contributed by atoms with van der Waals surface area (Å²) >= 11 is 0. The molecular weight excluding hydrogens is 626 g/mol. The van der Waals surface area contributed by atoms with Gasteiger partial charge in [-0.2, -0.15) is 39.5 Å². The van der Waals surface area contributed by atoms with Crippen LogP contribution >= 0.6 is 0 Å². The van der Waals surface area contributed by atoms with Crippen molar-refractivity contribution in [3.8, 4) is 5.75 Å². The van der Waals surface area contributed by atoms with Gasteiger partial charge >= 0.3 is 36.1 Å². The number of benzene rings is 2. The molecule has 1 atom stereocenters.